The molecule has 1 rings (SSSR count). The van der Waals surface area contributed by atoms with E-state index in [1.807, 2.05) is 13.8 Å². The summed E-state index contributed by atoms with van der Waals surface area (Å²) in [5, 5.41) is 9.05. The SMILES string of the molecule is CC(C)=CC(=O)N(CCC1=CCCCC1)CC(C)C(=O)O. The molecule has 1 amide bonds. The maximum Gasteiger partial charge on any atom is 0.308 e. The normalized spacial score (nSPS) is 15.9. The molecule has 0 saturated heterocycles. The van der Waals surface area contributed by atoms with Crippen LogP contribution in [0.25, 0.3) is 0 Å². The molecule has 0 radical (unpaired) electrons. The molecule has 21 heavy (non-hydrogen) atoms. The number of rotatable bonds is 7. The smallest absolute Gasteiger partial charge is 0.308 e. The minimum absolute atomic E-state index is 0.0838. The minimum Gasteiger partial charge on any atom is -0.481 e. The zero-order valence-electron chi connectivity index (χ0n) is 13.4. The van der Waals surface area contributed by atoms with Crippen LogP contribution in [0, 0.1) is 5.92 Å². The summed E-state index contributed by atoms with van der Waals surface area (Å²) in [6, 6.07) is 0. The van der Waals surface area contributed by atoms with Gasteiger partial charge in [-0.15, -0.1) is 0 Å². The topological polar surface area (TPSA) is 57.6 Å². The van der Waals surface area contributed by atoms with E-state index < -0.39 is 11.9 Å². The standard InChI is InChI=1S/C17H27NO3/c1-13(2)11-16(19)18(12-14(3)17(20)21)10-9-15-7-5-4-6-8-15/h7,11,14H,4-6,8-10,12H2,1-3H3,(H,20,21). The van der Waals surface area contributed by atoms with Crippen molar-refractivity contribution in [3.05, 3.63) is 23.3 Å². The average molecular weight is 293 g/mol. The third kappa shape index (κ3) is 6.61. The largest absolute Gasteiger partial charge is 0.481 e. The Labute approximate surface area is 127 Å². The molecule has 1 aliphatic rings. The Bertz CT molecular complexity index is 433. The third-order valence-electron chi connectivity index (χ3n) is 3.73. The van der Waals surface area contributed by atoms with Crippen LogP contribution in [0.3, 0.4) is 0 Å². The van der Waals surface area contributed by atoms with Gasteiger partial charge in [0.1, 0.15) is 0 Å². The van der Waals surface area contributed by atoms with Gasteiger partial charge >= 0.3 is 5.97 Å². The van der Waals surface area contributed by atoms with Crippen molar-refractivity contribution in [1.29, 1.82) is 0 Å². The van der Waals surface area contributed by atoms with E-state index in [-0.39, 0.29) is 12.5 Å². The van der Waals surface area contributed by atoms with Crippen LogP contribution >= 0.6 is 0 Å². The van der Waals surface area contributed by atoms with Gasteiger partial charge in [-0.1, -0.05) is 24.1 Å². The Balaban J connectivity index is 2.66. The summed E-state index contributed by atoms with van der Waals surface area (Å²) in [5.74, 6) is -1.48. The van der Waals surface area contributed by atoms with E-state index in [4.69, 9.17) is 5.11 Å². The van der Waals surface area contributed by atoms with Crippen LogP contribution in [0.4, 0.5) is 0 Å². The number of allylic oxidation sites excluding steroid dienone is 2. The monoisotopic (exact) mass is 293 g/mol. The number of carboxylic acid groups (broad SMARTS) is 1. The highest BCUT2D eigenvalue weighted by atomic mass is 16.4. The number of carbonyl (C=O) groups excluding carboxylic acids is 1. The lowest BCUT2D eigenvalue weighted by molar-refractivity contribution is -0.142. The van der Waals surface area contributed by atoms with Crippen LogP contribution in [0.1, 0.15) is 52.9 Å². The lowest BCUT2D eigenvalue weighted by Gasteiger charge is -2.25. The predicted molar refractivity (Wildman–Crippen MR) is 84.0 cm³/mol. The van der Waals surface area contributed by atoms with E-state index in [1.165, 1.54) is 18.4 Å². The zero-order valence-corrected chi connectivity index (χ0v) is 13.4. The molecule has 0 bridgehead atoms. The first kappa shape index (κ1) is 17.5. The van der Waals surface area contributed by atoms with Crippen LogP contribution in [0.2, 0.25) is 0 Å². The first-order chi connectivity index (χ1) is 9.90. The lowest BCUT2D eigenvalue weighted by Crippen LogP contribution is -2.37. The number of aliphatic carboxylic acids is 1. The van der Waals surface area contributed by atoms with Gasteiger partial charge in [0.25, 0.3) is 0 Å². The number of hydrogen-bond acceptors (Lipinski definition) is 2. The number of amides is 1. The third-order valence-corrected chi connectivity index (χ3v) is 3.73. The van der Waals surface area contributed by atoms with Crippen molar-refractivity contribution in [1.82, 2.24) is 4.90 Å². The van der Waals surface area contributed by atoms with Gasteiger partial charge in [0.15, 0.2) is 0 Å². The Morgan fingerprint density at radius 3 is 2.62 bits per heavy atom. The molecule has 0 aromatic heterocycles. The Morgan fingerprint density at radius 2 is 2.10 bits per heavy atom. The summed E-state index contributed by atoms with van der Waals surface area (Å²) in [5.41, 5.74) is 2.34. The van der Waals surface area contributed by atoms with Gasteiger partial charge in [0.05, 0.1) is 5.92 Å². The average Bonchev–Trinajstić information content (AvgIpc) is 2.43. The molecule has 1 N–H and O–H groups in total. The van der Waals surface area contributed by atoms with Gasteiger partial charge in [0, 0.05) is 19.2 Å². The van der Waals surface area contributed by atoms with E-state index in [0.717, 1.165) is 24.8 Å². The first-order valence-electron chi connectivity index (χ1n) is 7.74. The van der Waals surface area contributed by atoms with Gasteiger partial charge in [-0.05, 0) is 46.0 Å². The fraction of sp³-hybridized carbons (Fsp3) is 0.647. The molecule has 0 saturated carbocycles. The summed E-state index contributed by atoms with van der Waals surface area (Å²) >= 11 is 0. The molecule has 0 aliphatic heterocycles. The fourth-order valence-corrected chi connectivity index (χ4v) is 2.45. The fourth-order valence-electron chi connectivity index (χ4n) is 2.45. The van der Waals surface area contributed by atoms with Crippen LogP contribution in [-0.4, -0.2) is 35.0 Å². The Hall–Kier alpha value is -1.58. The molecule has 1 atom stereocenters. The van der Waals surface area contributed by atoms with Crippen LogP contribution in [0.5, 0.6) is 0 Å². The van der Waals surface area contributed by atoms with Crippen molar-refractivity contribution in [2.24, 2.45) is 5.92 Å². The van der Waals surface area contributed by atoms with Gasteiger partial charge in [-0.2, -0.15) is 0 Å². The highest BCUT2D eigenvalue weighted by molar-refractivity contribution is 5.88. The zero-order chi connectivity index (χ0) is 15.8. The van der Waals surface area contributed by atoms with E-state index in [9.17, 15) is 9.59 Å². The van der Waals surface area contributed by atoms with E-state index in [0.29, 0.717) is 6.54 Å². The second-order valence-corrected chi connectivity index (χ2v) is 6.10. The highest BCUT2D eigenvalue weighted by Gasteiger charge is 2.19. The molecular weight excluding hydrogens is 266 g/mol. The number of nitrogens with zero attached hydrogens (tertiary/aromatic N) is 1. The van der Waals surface area contributed by atoms with Crippen molar-refractivity contribution in [3.63, 3.8) is 0 Å². The van der Waals surface area contributed by atoms with Crippen molar-refractivity contribution in [2.75, 3.05) is 13.1 Å². The second kappa shape index (κ2) is 8.65. The molecule has 0 spiro atoms. The maximum atomic E-state index is 12.2. The Morgan fingerprint density at radius 1 is 1.38 bits per heavy atom. The van der Waals surface area contributed by atoms with Crippen LogP contribution in [-0.2, 0) is 9.59 Å². The highest BCUT2D eigenvalue weighted by Crippen LogP contribution is 2.20. The molecule has 1 unspecified atom stereocenters. The van der Waals surface area contributed by atoms with Crippen molar-refractivity contribution in [3.8, 4) is 0 Å². The summed E-state index contributed by atoms with van der Waals surface area (Å²) in [6.07, 6.45) is 9.42. The molecule has 0 aromatic rings. The molecular formula is C17H27NO3. The number of hydrogen-bond donors (Lipinski definition) is 1. The minimum atomic E-state index is -0.859. The number of carboxylic acids is 1. The van der Waals surface area contributed by atoms with E-state index in [1.54, 1.807) is 17.9 Å². The predicted octanol–water partition coefficient (Wildman–Crippen LogP) is 3.39. The molecule has 0 heterocycles. The summed E-state index contributed by atoms with van der Waals surface area (Å²) in [4.78, 5) is 24.9. The van der Waals surface area contributed by atoms with Crippen molar-refractivity contribution >= 4 is 11.9 Å². The summed E-state index contributed by atoms with van der Waals surface area (Å²) < 4.78 is 0. The molecule has 1 aliphatic carbocycles. The molecule has 0 aromatic carbocycles. The van der Waals surface area contributed by atoms with Gasteiger partial charge in [-0.3, -0.25) is 9.59 Å². The maximum absolute atomic E-state index is 12.2. The van der Waals surface area contributed by atoms with Crippen LogP contribution in [0.15, 0.2) is 23.3 Å². The van der Waals surface area contributed by atoms with Gasteiger partial charge < -0.3 is 10.0 Å². The molecule has 4 nitrogen and oxygen atoms in total. The van der Waals surface area contributed by atoms with E-state index in [2.05, 4.69) is 6.08 Å². The molecule has 118 valence electrons. The summed E-state index contributed by atoms with van der Waals surface area (Å²) in [7, 11) is 0. The van der Waals surface area contributed by atoms with Gasteiger partial charge in [0.2, 0.25) is 5.91 Å². The quantitative estimate of drug-likeness (QED) is 0.578. The summed E-state index contributed by atoms with van der Waals surface area (Å²) in [6.45, 7) is 6.27. The first-order valence-corrected chi connectivity index (χ1v) is 7.74. The number of carbonyl (C=O) groups is 2. The van der Waals surface area contributed by atoms with Crippen molar-refractivity contribution < 1.29 is 14.7 Å². The molecule has 0 fully saturated rings. The van der Waals surface area contributed by atoms with Crippen LogP contribution < -0.4 is 0 Å². The lowest BCUT2D eigenvalue weighted by atomic mass is 9.97. The Kier molecular flexibility index (Phi) is 7.20. The van der Waals surface area contributed by atoms with E-state index >= 15 is 0 Å². The van der Waals surface area contributed by atoms with Crippen molar-refractivity contribution in [2.45, 2.75) is 52.9 Å². The van der Waals surface area contributed by atoms with Gasteiger partial charge in [-0.25, -0.2) is 0 Å². The second-order valence-electron chi connectivity index (χ2n) is 6.10. The molecule has 4 heteroatoms.